The maximum absolute atomic E-state index is 3.45. The van der Waals surface area contributed by atoms with E-state index in [-0.39, 0.29) is 0 Å². The molecule has 0 fully saturated rings. The van der Waals surface area contributed by atoms with E-state index in [0.717, 1.165) is 26.2 Å². The van der Waals surface area contributed by atoms with Crippen LogP contribution in [-0.4, -0.2) is 31.1 Å². The second kappa shape index (κ2) is 4.40. The van der Waals surface area contributed by atoms with Gasteiger partial charge in [0.2, 0.25) is 0 Å². The molecule has 0 aromatic heterocycles. The molecule has 1 N–H and O–H groups in total. The lowest BCUT2D eigenvalue weighted by atomic mass is 10.0. The van der Waals surface area contributed by atoms with Crippen molar-refractivity contribution in [2.24, 2.45) is 0 Å². The van der Waals surface area contributed by atoms with Gasteiger partial charge in [-0.05, 0) is 17.6 Å². The third-order valence-corrected chi connectivity index (χ3v) is 3.57. The van der Waals surface area contributed by atoms with Gasteiger partial charge in [0.15, 0.2) is 0 Å². The first-order valence-corrected chi connectivity index (χ1v) is 6.08. The first-order valence-electron chi connectivity index (χ1n) is 6.08. The highest BCUT2D eigenvalue weighted by atomic mass is 15.1. The fourth-order valence-corrected chi connectivity index (χ4v) is 2.67. The summed E-state index contributed by atoms with van der Waals surface area (Å²) in [7, 11) is 0. The molecule has 2 heteroatoms. The Hall–Kier alpha value is -1.12. The predicted octanol–water partition coefficient (Wildman–Crippen LogP) is 1.79. The van der Waals surface area contributed by atoms with E-state index in [0.29, 0.717) is 0 Å². The van der Waals surface area contributed by atoms with Crippen LogP contribution >= 0.6 is 0 Å². The Balaban J connectivity index is 1.66. The van der Waals surface area contributed by atoms with Crippen LogP contribution in [0.15, 0.2) is 41.5 Å². The molecule has 0 atom stereocenters. The smallest absolute Gasteiger partial charge is 0.0237 e. The molecule has 0 amide bonds. The standard InChI is InChI=1S/C14H18N2/c1-2-4-12(5-3-1)10-16-7-6-13-8-15-9-14(13)11-16/h1-5,15H,6-11H2. The van der Waals surface area contributed by atoms with Gasteiger partial charge in [0.1, 0.15) is 0 Å². The molecule has 0 saturated heterocycles. The molecular weight excluding hydrogens is 196 g/mol. The summed E-state index contributed by atoms with van der Waals surface area (Å²) in [6, 6.07) is 10.8. The maximum Gasteiger partial charge on any atom is 0.0237 e. The summed E-state index contributed by atoms with van der Waals surface area (Å²) in [5.41, 5.74) is 4.74. The van der Waals surface area contributed by atoms with Gasteiger partial charge in [-0.1, -0.05) is 35.9 Å². The normalized spacial score (nSPS) is 21.2. The number of hydrogen-bond acceptors (Lipinski definition) is 2. The molecule has 0 spiro atoms. The highest BCUT2D eigenvalue weighted by molar-refractivity contribution is 5.27. The Morgan fingerprint density at radius 3 is 2.75 bits per heavy atom. The molecule has 0 aliphatic carbocycles. The number of hydrogen-bond donors (Lipinski definition) is 1. The van der Waals surface area contributed by atoms with Gasteiger partial charge in [-0.3, -0.25) is 4.90 Å². The molecule has 0 saturated carbocycles. The van der Waals surface area contributed by atoms with Gasteiger partial charge in [0.05, 0.1) is 0 Å². The molecule has 16 heavy (non-hydrogen) atoms. The van der Waals surface area contributed by atoms with Crippen LogP contribution in [0.1, 0.15) is 12.0 Å². The van der Waals surface area contributed by atoms with E-state index in [1.807, 2.05) is 0 Å². The van der Waals surface area contributed by atoms with E-state index in [1.54, 1.807) is 11.1 Å². The minimum absolute atomic E-state index is 1.09. The van der Waals surface area contributed by atoms with Crippen LogP contribution in [0.25, 0.3) is 0 Å². The van der Waals surface area contributed by atoms with Gasteiger partial charge < -0.3 is 5.32 Å². The SMILES string of the molecule is c1ccc(CN2CCC3=C(CNC3)C2)cc1. The molecule has 0 bridgehead atoms. The molecule has 3 rings (SSSR count). The molecule has 2 heterocycles. The molecule has 2 aliphatic heterocycles. The van der Waals surface area contributed by atoms with Gasteiger partial charge in [-0.2, -0.15) is 0 Å². The fourth-order valence-electron chi connectivity index (χ4n) is 2.67. The Morgan fingerprint density at radius 1 is 1.06 bits per heavy atom. The van der Waals surface area contributed by atoms with E-state index in [4.69, 9.17) is 0 Å². The lowest BCUT2D eigenvalue weighted by Crippen LogP contribution is -2.31. The van der Waals surface area contributed by atoms with Gasteiger partial charge in [0, 0.05) is 32.7 Å². The van der Waals surface area contributed by atoms with Crippen molar-refractivity contribution in [3.63, 3.8) is 0 Å². The molecule has 1 aromatic rings. The van der Waals surface area contributed by atoms with Crippen LogP contribution in [0.5, 0.6) is 0 Å². The second-order valence-electron chi connectivity index (χ2n) is 4.76. The van der Waals surface area contributed by atoms with E-state index < -0.39 is 0 Å². The maximum atomic E-state index is 3.45. The average molecular weight is 214 g/mol. The first kappa shape index (κ1) is 10.1. The Bertz CT molecular complexity index is 394. The summed E-state index contributed by atoms with van der Waals surface area (Å²) in [5.74, 6) is 0. The molecular formula is C14H18N2. The summed E-state index contributed by atoms with van der Waals surface area (Å²) in [6.45, 7) is 5.72. The van der Waals surface area contributed by atoms with Crippen LogP contribution in [0.3, 0.4) is 0 Å². The molecule has 0 unspecified atom stereocenters. The number of nitrogens with one attached hydrogen (secondary N) is 1. The van der Waals surface area contributed by atoms with Crippen molar-refractivity contribution in [1.29, 1.82) is 0 Å². The molecule has 0 radical (unpaired) electrons. The Morgan fingerprint density at radius 2 is 1.88 bits per heavy atom. The summed E-state index contributed by atoms with van der Waals surface area (Å²) < 4.78 is 0. The third kappa shape index (κ3) is 2.04. The van der Waals surface area contributed by atoms with Crippen molar-refractivity contribution < 1.29 is 0 Å². The lowest BCUT2D eigenvalue weighted by Gasteiger charge is -2.28. The largest absolute Gasteiger partial charge is 0.309 e. The fraction of sp³-hybridized carbons (Fsp3) is 0.429. The van der Waals surface area contributed by atoms with Gasteiger partial charge >= 0.3 is 0 Å². The predicted molar refractivity (Wildman–Crippen MR) is 66.2 cm³/mol. The van der Waals surface area contributed by atoms with Gasteiger partial charge in [0.25, 0.3) is 0 Å². The Labute approximate surface area is 97.0 Å². The van der Waals surface area contributed by atoms with Crippen molar-refractivity contribution in [3.05, 3.63) is 47.0 Å². The summed E-state index contributed by atoms with van der Waals surface area (Å²) in [5, 5.41) is 3.45. The molecule has 2 nitrogen and oxygen atoms in total. The highest BCUT2D eigenvalue weighted by Gasteiger charge is 2.21. The number of rotatable bonds is 2. The minimum Gasteiger partial charge on any atom is -0.309 e. The van der Waals surface area contributed by atoms with E-state index in [2.05, 4.69) is 40.5 Å². The number of benzene rings is 1. The summed E-state index contributed by atoms with van der Waals surface area (Å²) in [4.78, 5) is 2.56. The second-order valence-corrected chi connectivity index (χ2v) is 4.76. The molecule has 2 aliphatic rings. The van der Waals surface area contributed by atoms with Crippen LogP contribution < -0.4 is 5.32 Å². The van der Waals surface area contributed by atoms with Crippen LogP contribution in [0.2, 0.25) is 0 Å². The minimum atomic E-state index is 1.09. The van der Waals surface area contributed by atoms with Crippen molar-refractivity contribution in [3.8, 4) is 0 Å². The summed E-state index contributed by atoms with van der Waals surface area (Å²) >= 11 is 0. The lowest BCUT2D eigenvalue weighted by molar-refractivity contribution is 0.278. The van der Waals surface area contributed by atoms with Crippen molar-refractivity contribution >= 4 is 0 Å². The molecule has 84 valence electrons. The average Bonchev–Trinajstić information content (AvgIpc) is 2.77. The third-order valence-electron chi connectivity index (χ3n) is 3.57. The van der Waals surface area contributed by atoms with Crippen molar-refractivity contribution in [2.45, 2.75) is 13.0 Å². The zero-order valence-corrected chi connectivity index (χ0v) is 9.58. The zero-order chi connectivity index (χ0) is 10.8. The monoisotopic (exact) mass is 214 g/mol. The quantitative estimate of drug-likeness (QED) is 0.755. The van der Waals surface area contributed by atoms with Crippen LogP contribution in [0, 0.1) is 0 Å². The topological polar surface area (TPSA) is 15.3 Å². The summed E-state index contributed by atoms with van der Waals surface area (Å²) in [6.07, 6.45) is 1.26. The zero-order valence-electron chi connectivity index (χ0n) is 9.58. The molecule has 1 aromatic carbocycles. The van der Waals surface area contributed by atoms with Gasteiger partial charge in [-0.15, -0.1) is 0 Å². The van der Waals surface area contributed by atoms with Crippen LogP contribution in [-0.2, 0) is 6.54 Å². The van der Waals surface area contributed by atoms with E-state index in [9.17, 15) is 0 Å². The first-order chi connectivity index (χ1) is 7.92. The van der Waals surface area contributed by atoms with Crippen LogP contribution in [0.4, 0.5) is 0 Å². The highest BCUT2D eigenvalue weighted by Crippen LogP contribution is 2.21. The van der Waals surface area contributed by atoms with Crippen molar-refractivity contribution in [1.82, 2.24) is 10.2 Å². The van der Waals surface area contributed by atoms with E-state index in [1.165, 1.54) is 18.5 Å². The number of nitrogens with zero attached hydrogens (tertiary/aromatic N) is 1. The van der Waals surface area contributed by atoms with E-state index >= 15 is 0 Å². The van der Waals surface area contributed by atoms with Gasteiger partial charge in [-0.25, -0.2) is 0 Å². The van der Waals surface area contributed by atoms with Crippen molar-refractivity contribution in [2.75, 3.05) is 26.2 Å². The Kier molecular flexibility index (Phi) is 2.77.